The smallest absolute Gasteiger partial charge is 0.322 e. The first-order valence-corrected chi connectivity index (χ1v) is 6.62. The number of imide groups is 1. The molecule has 0 aliphatic carbocycles. The summed E-state index contributed by atoms with van der Waals surface area (Å²) < 4.78 is 5.73. The summed E-state index contributed by atoms with van der Waals surface area (Å²) in [4.78, 5) is 39.4. The quantitative estimate of drug-likeness (QED) is 0.701. The number of pyridine rings is 1. The van der Waals surface area contributed by atoms with Crippen LogP contribution in [0.5, 0.6) is 0 Å². The summed E-state index contributed by atoms with van der Waals surface area (Å²) in [6.07, 6.45) is 1.42. The molecule has 1 aliphatic rings. The Bertz CT molecular complexity index is 826. The molecular formula is C14H14N4O4. The Labute approximate surface area is 125 Å². The van der Waals surface area contributed by atoms with Gasteiger partial charge in [-0.05, 0) is 19.9 Å². The van der Waals surface area contributed by atoms with Crippen molar-refractivity contribution in [2.75, 3.05) is 7.05 Å². The Morgan fingerprint density at radius 3 is 2.73 bits per heavy atom. The lowest BCUT2D eigenvalue weighted by Crippen LogP contribution is -2.40. The van der Waals surface area contributed by atoms with E-state index < -0.39 is 17.5 Å². The van der Waals surface area contributed by atoms with Gasteiger partial charge in [-0.25, -0.2) is 4.79 Å². The predicted octanol–water partition coefficient (Wildman–Crippen LogP) is 0.550. The number of carbonyl (C=O) groups is 3. The van der Waals surface area contributed by atoms with Crippen LogP contribution in [0.4, 0.5) is 4.79 Å². The first-order valence-electron chi connectivity index (χ1n) is 6.62. The lowest BCUT2D eigenvalue weighted by atomic mass is 9.99. The number of nitrogens with one attached hydrogen (secondary N) is 3. The lowest BCUT2D eigenvalue weighted by Gasteiger charge is -2.16. The topological polar surface area (TPSA) is 113 Å². The van der Waals surface area contributed by atoms with Crippen molar-refractivity contribution >= 4 is 28.8 Å². The van der Waals surface area contributed by atoms with Gasteiger partial charge in [0.1, 0.15) is 11.3 Å². The number of aromatic nitrogens is 1. The molecule has 1 atom stereocenters. The van der Waals surface area contributed by atoms with Gasteiger partial charge in [0.15, 0.2) is 11.1 Å². The molecule has 4 amide bonds. The molecule has 0 aromatic carbocycles. The standard InChI is InChI=1S/C14H14N4O4/c1-6-7-4-9(14(2)12(20)17-13(21)18-14)22-10(7)8(5-16-6)11(19)15-3/h4-5H,1-3H3,(H,15,19)(H2,17,18,20,21)/t14-/m0/s1. The summed E-state index contributed by atoms with van der Waals surface area (Å²) in [5, 5.41) is 7.82. The van der Waals surface area contributed by atoms with Gasteiger partial charge in [0.25, 0.3) is 11.8 Å². The van der Waals surface area contributed by atoms with Gasteiger partial charge in [-0.3, -0.25) is 19.9 Å². The van der Waals surface area contributed by atoms with Crippen LogP contribution < -0.4 is 16.0 Å². The number of rotatable bonds is 2. The third-order valence-electron chi connectivity index (χ3n) is 3.76. The van der Waals surface area contributed by atoms with Gasteiger partial charge < -0.3 is 15.1 Å². The van der Waals surface area contributed by atoms with E-state index in [0.717, 1.165) is 0 Å². The van der Waals surface area contributed by atoms with Crippen molar-refractivity contribution in [3.05, 3.63) is 29.3 Å². The SMILES string of the molecule is CNC(=O)c1cnc(C)c2cc([C@]3(C)NC(=O)NC3=O)oc12. The monoisotopic (exact) mass is 302 g/mol. The van der Waals surface area contributed by atoms with Crippen LogP contribution in [0.2, 0.25) is 0 Å². The minimum absolute atomic E-state index is 0.243. The van der Waals surface area contributed by atoms with E-state index in [9.17, 15) is 14.4 Å². The molecule has 0 saturated carbocycles. The number of hydrogen-bond acceptors (Lipinski definition) is 5. The zero-order valence-electron chi connectivity index (χ0n) is 12.2. The van der Waals surface area contributed by atoms with E-state index in [-0.39, 0.29) is 17.2 Å². The highest BCUT2D eigenvalue weighted by atomic mass is 16.3. The zero-order chi connectivity index (χ0) is 16.1. The fourth-order valence-electron chi connectivity index (χ4n) is 2.41. The molecule has 0 bridgehead atoms. The van der Waals surface area contributed by atoms with Crippen molar-refractivity contribution in [1.82, 2.24) is 20.9 Å². The van der Waals surface area contributed by atoms with Crippen molar-refractivity contribution < 1.29 is 18.8 Å². The van der Waals surface area contributed by atoms with Gasteiger partial charge in [0.2, 0.25) is 0 Å². The fourth-order valence-corrected chi connectivity index (χ4v) is 2.41. The summed E-state index contributed by atoms with van der Waals surface area (Å²) in [6.45, 7) is 3.30. The van der Waals surface area contributed by atoms with E-state index in [1.165, 1.54) is 20.2 Å². The molecule has 3 rings (SSSR count). The van der Waals surface area contributed by atoms with E-state index in [0.29, 0.717) is 16.7 Å². The lowest BCUT2D eigenvalue weighted by molar-refractivity contribution is -0.124. The second kappa shape index (κ2) is 4.55. The van der Waals surface area contributed by atoms with E-state index in [1.807, 2.05) is 0 Å². The number of fused-ring (bicyclic) bond motifs is 1. The van der Waals surface area contributed by atoms with Crippen molar-refractivity contribution in [3.8, 4) is 0 Å². The number of hydrogen-bond donors (Lipinski definition) is 3. The van der Waals surface area contributed by atoms with Gasteiger partial charge in [0.05, 0.1) is 0 Å². The maximum absolute atomic E-state index is 12.0. The predicted molar refractivity (Wildman–Crippen MR) is 76.2 cm³/mol. The van der Waals surface area contributed by atoms with Crippen LogP contribution >= 0.6 is 0 Å². The number of nitrogens with zero attached hydrogens (tertiary/aromatic N) is 1. The van der Waals surface area contributed by atoms with Gasteiger partial charge in [-0.1, -0.05) is 0 Å². The molecule has 1 saturated heterocycles. The van der Waals surface area contributed by atoms with Crippen molar-refractivity contribution in [3.63, 3.8) is 0 Å². The molecule has 0 radical (unpaired) electrons. The highest BCUT2D eigenvalue weighted by molar-refractivity contribution is 6.08. The molecule has 8 nitrogen and oxygen atoms in total. The summed E-state index contributed by atoms with van der Waals surface area (Å²) >= 11 is 0. The number of aryl methyl sites for hydroxylation is 1. The number of furan rings is 1. The van der Waals surface area contributed by atoms with Crippen LogP contribution in [0, 0.1) is 6.92 Å². The molecule has 1 fully saturated rings. The van der Waals surface area contributed by atoms with E-state index in [1.54, 1.807) is 13.0 Å². The molecular weight excluding hydrogens is 288 g/mol. The molecule has 2 aromatic heterocycles. The molecule has 0 spiro atoms. The largest absolute Gasteiger partial charge is 0.457 e. The average Bonchev–Trinajstić information content (AvgIpc) is 3.02. The van der Waals surface area contributed by atoms with Gasteiger partial charge >= 0.3 is 6.03 Å². The van der Waals surface area contributed by atoms with Crippen molar-refractivity contribution in [1.29, 1.82) is 0 Å². The molecule has 0 unspecified atom stereocenters. The Morgan fingerprint density at radius 1 is 1.41 bits per heavy atom. The van der Waals surface area contributed by atoms with Gasteiger partial charge in [-0.15, -0.1) is 0 Å². The van der Waals surface area contributed by atoms with Crippen LogP contribution in [0.15, 0.2) is 16.7 Å². The highest BCUT2D eigenvalue weighted by Gasteiger charge is 2.46. The number of amides is 4. The first kappa shape index (κ1) is 14.1. The summed E-state index contributed by atoms with van der Waals surface area (Å²) in [5.41, 5.74) is -0.0617. The number of urea groups is 1. The van der Waals surface area contributed by atoms with E-state index >= 15 is 0 Å². The van der Waals surface area contributed by atoms with Crippen molar-refractivity contribution in [2.45, 2.75) is 19.4 Å². The second-order valence-corrected chi connectivity index (χ2v) is 5.22. The summed E-state index contributed by atoms with van der Waals surface area (Å²) in [6, 6.07) is 1.03. The van der Waals surface area contributed by atoms with Crippen molar-refractivity contribution in [2.24, 2.45) is 0 Å². The minimum Gasteiger partial charge on any atom is -0.457 e. The Hall–Kier alpha value is -2.90. The van der Waals surface area contributed by atoms with Crippen LogP contribution in [0.3, 0.4) is 0 Å². The molecule has 3 N–H and O–H groups in total. The van der Waals surface area contributed by atoms with E-state index in [2.05, 4.69) is 20.9 Å². The minimum atomic E-state index is -1.32. The van der Waals surface area contributed by atoms with Crippen LogP contribution in [-0.4, -0.2) is 29.9 Å². The second-order valence-electron chi connectivity index (χ2n) is 5.22. The molecule has 22 heavy (non-hydrogen) atoms. The fraction of sp³-hybridized carbons (Fsp3) is 0.286. The van der Waals surface area contributed by atoms with Crippen LogP contribution in [0.25, 0.3) is 11.0 Å². The molecule has 8 heteroatoms. The third kappa shape index (κ3) is 1.84. The first-order chi connectivity index (χ1) is 10.4. The maximum Gasteiger partial charge on any atom is 0.322 e. The summed E-state index contributed by atoms with van der Waals surface area (Å²) in [7, 11) is 1.50. The number of carbonyl (C=O) groups excluding carboxylic acids is 3. The van der Waals surface area contributed by atoms with Crippen LogP contribution in [0.1, 0.15) is 28.7 Å². The summed E-state index contributed by atoms with van der Waals surface area (Å²) in [5.74, 6) is -0.612. The zero-order valence-corrected chi connectivity index (χ0v) is 12.2. The molecule has 1 aliphatic heterocycles. The molecule has 2 aromatic rings. The highest BCUT2D eigenvalue weighted by Crippen LogP contribution is 2.32. The molecule has 114 valence electrons. The molecule has 3 heterocycles. The Morgan fingerprint density at radius 2 is 2.14 bits per heavy atom. The van der Waals surface area contributed by atoms with Crippen LogP contribution in [-0.2, 0) is 10.3 Å². The van der Waals surface area contributed by atoms with Gasteiger partial charge in [0, 0.05) is 24.3 Å². The Kier molecular flexibility index (Phi) is 2.91. The third-order valence-corrected chi connectivity index (χ3v) is 3.76. The maximum atomic E-state index is 12.0. The Balaban J connectivity index is 2.22. The normalized spacial score (nSPS) is 20.9. The average molecular weight is 302 g/mol. The van der Waals surface area contributed by atoms with Gasteiger partial charge in [-0.2, -0.15) is 0 Å². The van der Waals surface area contributed by atoms with E-state index in [4.69, 9.17) is 4.42 Å².